The molecule has 0 radical (unpaired) electrons. The van der Waals surface area contributed by atoms with E-state index in [1.54, 1.807) is 4.57 Å². The van der Waals surface area contributed by atoms with Crippen molar-refractivity contribution in [2.75, 3.05) is 13.2 Å². The molecule has 0 unspecified atom stereocenters. The van der Waals surface area contributed by atoms with Crippen LogP contribution in [-0.2, 0) is 0 Å². The van der Waals surface area contributed by atoms with E-state index in [4.69, 9.17) is 14.8 Å². The van der Waals surface area contributed by atoms with E-state index in [9.17, 15) is 4.79 Å². The third-order valence-electron chi connectivity index (χ3n) is 5.65. The average Bonchev–Trinajstić information content (AvgIpc) is 2.78. The van der Waals surface area contributed by atoms with Gasteiger partial charge in [-0.1, -0.05) is 38.1 Å². The molecule has 4 aromatic rings. The molecule has 0 spiro atoms. The summed E-state index contributed by atoms with van der Waals surface area (Å²) < 4.78 is 7.40. The van der Waals surface area contributed by atoms with Crippen molar-refractivity contribution in [3.05, 3.63) is 87.7 Å². The summed E-state index contributed by atoms with van der Waals surface area (Å²) in [6, 6.07) is 19.5. The molecule has 0 aliphatic rings. The number of ether oxygens (including phenoxy) is 1. The Labute approximate surface area is 188 Å². The fourth-order valence-corrected chi connectivity index (χ4v) is 4.03. The van der Waals surface area contributed by atoms with E-state index >= 15 is 0 Å². The van der Waals surface area contributed by atoms with Crippen molar-refractivity contribution in [1.29, 1.82) is 0 Å². The van der Waals surface area contributed by atoms with Gasteiger partial charge in [-0.3, -0.25) is 9.36 Å². The molecule has 0 bridgehead atoms. The lowest BCUT2D eigenvalue weighted by atomic mass is 10.0. The summed E-state index contributed by atoms with van der Waals surface area (Å²) in [4.78, 5) is 18.5. The molecule has 164 valence electrons. The Bertz CT molecular complexity index is 1300. The minimum absolute atomic E-state index is 0.0429. The number of aromatic nitrogens is 2. The van der Waals surface area contributed by atoms with E-state index in [1.807, 2.05) is 62.4 Å². The predicted octanol–water partition coefficient (Wildman–Crippen LogP) is 5.16. The van der Waals surface area contributed by atoms with Gasteiger partial charge in [-0.05, 0) is 72.9 Å². The van der Waals surface area contributed by atoms with Crippen molar-refractivity contribution in [2.45, 2.75) is 33.6 Å². The first-order chi connectivity index (χ1) is 15.4. The summed E-state index contributed by atoms with van der Waals surface area (Å²) in [6.45, 7) is 8.42. The molecule has 4 rings (SSSR count). The SMILES string of the molecule is Cc1cc(-c2nc3ccccc3c(=O)n2-c2ccc(C(C)C)cc2)cc(C)c1OCCO. The molecule has 1 heterocycles. The van der Waals surface area contributed by atoms with Crippen molar-refractivity contribution in [3.63, 3.8) is 0 Å². The van der Waals surface area contributed by atoms with Gasteiger partial charge in [0.25, 0.3) is 5.56 Å². The number of benzene rings is 3. The summed E-state index contributed by atoms with van der Waals surface area (Å²) in [5.41, 5.74) is 5.26. The number of aliphatic hydroxyl groups is 1. The third kappa shape index (κ3) is 4.04. The molecule has 32 heavy (non-hydrogen) atoms. The van der Waals surface area contributed by atoms with Crippen LogP contribution < -0.4 is 10.3 Å². The first-order valence-corrected chi connectivity index (χ1v) is 10.9. The number of aryl methyl sites for hydroxylation is 2. The molecule has 5 nitrogen and oxygen atoms in total. The second kappa shape index (κ2) is 8.97. The number of hydrogen-bond acceptors (Lipinski definition) is 4. The molecule has 0 aliphatic heterocycles. The van der Waals surface area contributed by atoms with Gasteiger partial charge in [0.05, 0.1) is 23.2 Å². The quantitative estimate of drug-likeness (QED) is 0.460. The van der Waals surface area contributed by atoms with Gasteiger partial charge in [0.15, 0.2) is 0 Å². The van der Waals surface area contributed by atoms with Crippen LogP contribution in [-0.4, -0.2) is 27.9 Å². The maximum Gasteiger partial charge on any atom is 0.266 e. The lowest BCUT2D eigenvalue weighted by Crippen LogP contribution is -2.22. The Balaban J connectivity index is 1.97. The van der Waals surface area contributed by atoms with Crippen molar-refractivity contribution >= 4 is 10.9 Å². The molecule has 0 atom stereocenters. The van der Waals surface area contributed by atoms with Crippen LogP contribution in [0.25, 0.3) is 28.0 Å². The summed E-state index contributed by atoms with van der Waals surface area (Å²) in [5.74, 6) is 1.75. The number of hydrogen-bond donors (Lipinski definition) is 1. The Morgan fingerprint density at radius 3 is 2.28 bits per heavy atom. The van der Waals surface area contributed by atoms with E-state index < -0.39 is 0 Å². The average molecular weight is 429 g/mol. The first-order valence-electron chi connectivity index (χ1n) is 10.9. The highest BCUT2D eigenvalue weighted by Gasteiger charge is 2.17. The minimum atomic E-state index is -0.0983. The minimum Gasteiger partial charge on any atom is -0.491 e. The second-order valence-electron chi connectivity index (χ2n) is 8.35. The van der Waals surface area contributed by atoms with E-state index in [2.05, 4.69) is 26.0 Å². The number of aliphatic hydroxyl groups excluding tert-OH is 1. The molecule has 0 aliphatic carbocycles. The zero-order valence-electron chi connectivity index (χ0n) is 18.9. The van der Waals surface area contributed by atoms with Gasteiger partial charge in [-0.25, -0.2) is 4.98 Å². The normalized spacial score (nSPS) is 11.3. The predicted molar refractivity (Wildman–Crippen MR) is 129 cm³/mol. The summed E-state index contributed by atoms with van der Waals surface area (Å²) >= 11 is 0. The number of rotatable bonds is 6. The van der Waals surface area contributed by atoms with Crippen LogP contribution in [0.5, 0.6) is 5.75 Å². The van der Waals surface area contributed by atoms with Crippen LogP contribution in [0.15, 0.2) is 65.5 Å². The maximum absolute atomic E-state index is 13.6. The van der Waals surface area contributed by atoms with Crippen molar-refractivity contribution in [2.24, 2.45) is 0 Å². The summed E-state index contributed by atoms with van der Waals surface area (Å²) in [6.07, 6.45) is 0. The molecular weight excluding hydrogens is 400 g/mol. The van der Waals surface area contributed by atoms with Crippen molar-refractivity contribution in [3.8, 4) is 22.8 Å². The van der Waals surface area contributed by atoms with Gasteiger partial charge >= 0.3 is 0 Å². The van der Waals surface area contributed by atoms with Gasteiger partial charge in [0.2, 0.25) is 0 Å². The Hall–Kier alpha value is -3.44. The molecule has 3 aromatic carbocycles. The fraction of sp³-hybridized carbons (Fsp3) is 0.259. The summed E-state index contributed by atoms with van der Waals surface area (Å²) in [5, 5.41) is 9.70. The van der Waals surface area contributed by atoms with Crippen LogP contribution in [0.1, 0.15) is 36.5 Å². The molecule has 0 saturated heterocycles. The molecule has 5 heteroatoms. The third-order valence-corrected chi connectivity index (χ3v) is 5.65. The molecular formula is C27H28N2O3. The van der Waals surface area contributed by atoms with E-state index in [1.165, 1.54) is 5.56 Å². The Morgan fingerprint density at radius 2 is 1.66 bits per heavy atom. The highest BCUT2D eigenvalue weighted by Crippen LogP contribution is 2.31. The molecule has 1 aromatic heterocycles. The van der Waals surface area contributed by atoms with Crippen LogP contribution >= 0.6 is 0 Å². The van der Waals surface area contributed by atoms with Crippen LogP contribution in [0, 0.1) is 13.8 Å². The highest BCUT2D eigenvalue weighted by atomic mass is 16.5. The lowest BCUT2D eigenvalue weighted by Gasteiger charge is -2.17. The number of fused-ring (bicyclic) bond motifs is 1. The van der Waals surface area contributed by atoms with Gasteiger partial charge < -0.3 is 9.84 Å². The second-order valence-corrected chi connectivity index (χ2v) is 8.35. The lowest BCUT2D eigenvalue weighted by molar-refractivity contribution is 0.200. The van der Waals surface area contributed by atoms with Crippen LogP contribution in [0.3, 0.4) is 0 Å². The smallest absolute Gasteiger partial charge is 0.266 e. The molecule has 0 fully saturated rings. The van der Waals surface area contributed by atoms with Crippen LogP contribution in [0.2, 0.25) is 0 Å². The summed E-state index contributed by atoms with van der Waals surface area (Å²) in [7, 11) is 0. The largest absolute Gasteiger partial charge is 0.491 e. The van der Waals surface area contributed by atoms with Gasteiger partial charge in [-0.15, -0.1) is 0 Å². The standard InChI is InChI=1S/C27H28N2O3/c1-17(2)20-9-11-22(12-10-20)29-26(28-24-8-6-5-7-23(24)27(29)31)21-15-18(3)25(19(4)16-21)32-14-13-30/h5-12,15-17,30H,13-14H2,1-4H3. The topological polar surface area (TPSA) is 64.4 Å². The first kappa shape index (κ1) is 21.8. The Kier molecular flexibility index (Phi) is 6.10. The van der Waals surface area contributed by atoms with E-state index in [-0.39, 0.29) is 18.8 Å². The van der Waals surface area contributed by atoms with Gasteiger partial charge in [0.1, 0.15) is 18.2 Å². The van der Waals surface area contributed by atoms with Gasteiger partial charge in [-0.2, -0.15) is 0 Å². The molecule has 0 saturated carbocycles. The van der Waals surface area contributed by atoms with Crippen molar-refractivity contribution in [1.82, 2.24) is 9.55 Å². The van der Waals surface area contributed by atoms with Crippen molar-refractivity contribution < 1.29 is 9.84 Å². The highest BCUT2D eigenvalue weighted by molar-refractivity contribution is 5.80. The zero-order valence-corrected chi connectivity index (χ0v) is 18.9. The number of nitrogens with zero attached hydrogens (tertiary/aromatic N) is 2. The molecule has 0 amide bonds. The van der Waals surface area contributed by atoms with E-state index in [0.717, 1.165) is 28.1 Å². The monoisotopic (exact) mass is 428 g/mol. The zero-order chi connectivity index (χ0) is 22.8. The molecule has 1 N–H and O–H groups in total. The fourth-order valence-electron chi connectivity index (χ4n) is 4.03. The van der Waals surface area contributed by atoms with Gasteiger partial charge in [0, 0.05) is 5.56 Å². The maximum atomic E-state index is 13.6. The van der Waals surface area contributed by atoms with E-state index in [0.29, 0.717) is 22.6 Å². The number of para-hydroxylation sites is 1. The van der Waals surface area contributed by atoms with Crippen LogP contribution in [0.4, 0.5) is 0 Å². The Morgan fingerprint density at radius 1 is 1.00 bits per heavy atom.